The van der Waals surface area contributed by atoms with E-state index in [4.69, 9.17) is 4.74 Å². The van der Waals surface area contributed by atoms with Gasteiger partial charge < -0.3 is 15.4 Å². The number of imidazole rings is 1. The summed E-state index contributed by atoms with van der Waals surface area (Å²) in [6.45, 7) is 2.05. The number of fused-ring (bicyclic) bond motifs is 1. The van der Waals surface area contributed by atoms with Crippen LogP contribution in [0.1, 0.15) is 22.3 Å². The van der Waals surface area contributed by atoms with Gasteiger partial charge in [-0.2, -0.15) is 0 Å². The molecule has 4 rings (SSSR count). The van der Waals surface area contributed by atoms with E-state index in [1.165, 1.54) is 7.11 Å². The molecule has 1 aromatic carbocycles. The van der Waals surface area contributed by atoms with Gasteiger partial charge in [-0.3, -0.25) is 18.9 Å². The molecule has 0 bridgehead atoms. The standard InChI is InChI=1S/C21H25N5O3.ClH/c1-25-17-8-16(19(29-3)9-18(17)26(2)21(25)28)24-20(27)15-7-14(11-23-12-15)6-13-4-5-22-10-13;/h7-9,11-13,22H,4-6,10H2,1-3H3,(H,24,27);1H. The number of nitrogens with one attached hydrogen (secondary N) is 2. The van der Waals surface area contributed by atoms with Crippen LogP contribution >= 0.6 is 12.4 Å². The van der Waals surface area contributed by atoms with Crippen molar-refractivity contribution in [1.82, 2.24) is 19.4 Å². The molecule has 160 valence electrons. The number of anilines is 1. The number of carbonyl (C=O) groups excluding carboxylic acids is 1. The van der Waals surface area contributed by atoms with Gasteiger partial charge in [-0.1, -0.05) is 0 Å². The minimum Gasteiger partial charge on any atom is -0.494 e. The third-order valence-corrected chi connectivity index (χ3v) is 5.59. The van der Waals surface area contributed by atoms with Crippen LogP contribution < -0.4 is 21.1 Å². The maximum absolute atomic E-state index is 12.9. The maximum atomic E-state index is 12.9. The number of methoxy groups -OCH3 is 1. The zero-order chi connectivity index (χ0) is 20.5. The number of pyridine rings is 1. The number of nitrogens with zero attached hydrogens (tertiary/aromatic N) is 3. The number of aromatic nitrogens is 3. The van der Waals surface area contributed by atoms with E-state index in [9.17, 15) is 9.59 Å². The maximum Gasteiger partial charge on any atom is 0.328 e. The van der Waals surface area contributed by atoms with Crippen molar-refractivity contribution >= 4 is 35.0 Å². The highest BCUT2D eigenvalue weighted by atomic mass is 35.5. The first-order valence-corrected chi connectivity index (χ1v) is 9.67. The molecule has 0 saturated carbocycles. The van der Waals surface area contributed by atoms with Crippen LogP contribution in [0.3, 0.4) is 0 Å². The molecule has 1 aliphatic rings. The van der Waals surface area contributed by atoms with E-state index in [1.54, 1.807) is 41.6 Å². The quantitative estimate of drug-likeness (QED) is 0.645. The van der Waals surface area contributed by atoms with Crippen molar-refractivity contribution in [3.8, 4) is 5.75 Å². The summed E-state index contributed by atoms with van der Waals surface area (Å²) >= 11 is 0. The SMILES string of the molecule is COc1cc2c(cc1NC(=O)c1cncc(CC3CCNC3)c1)n(C)c(=O)n2C.Cl. The molecule has 9 heteroatoms. The molecule has 3 aromatic rings. The molecule has 3 heterocycles. The first-order chi connectivity index (χ1) is 14.0. The van der Waals surface area contributed by atoms with Crippen molar-refractivity contribution in [3.05, 3.63) is 52.2 Å². The Balaban J connectivity index is 0.00000256. The molecule has 30 heavy (non-hydrogen) atoms. The lowest BCUT2D eigenvalue weighted by molar-refractivity contribution is 0.102. The van der Waals surface area contributed by atoms with E-state index in [-0.39, 0.29) is 24.0 Å². The normalized spacial score (nSPS) is 15.8. The summed E-state index contributed by atoms with van der Waals surface area (Å²) in [5.74, 6) is 0.813. The molecule has 1 saturated heterocycles. The van der Waals surface area contributed by atoms with Crippen LogP contribution in [0, 0.1) is 5.92 Å². The van der Waals surface area contributed by atoms with Crippen molar-refractivity contribution in [2.75, 3.05) is 25.5 Å². The highest BCUT2D eigenvalue weighted by molar-refractivity contribution is 6.06. The van der Waals surface area contributed by atoms with Crippen molar-refractivity contribution in [3.63, 3.8) is 0 Å². The summed E-state index contributed by atoms with van der Waals surface area (Å²) < 4.78 is 8.54. The van der Waals surface area contributed by atoms with Gasteiger partial charge in [0.25, 0.3) is 5.91 Å². The molecule has 0 aliphatic carbocycles. The minimum absolute atomic E-state index is 0. The lowest BCUT2D eigenvalue weighted by atomic mass is 9.99. The zero-order valence-electron chi connectivity index (χ0n) is 17.3. The Hall–Kier alpha value is -2.84. The monoisotopic (exact) mass is 431 g/mol. The molecule has 1 aliphatic heterocycles. The number of benzene rings is 1. The summed E-state index contributed by atoms with van der Waals surface area (Å²) in [6, 6.07) is 5.41. The van der Waals surface area contributed by atoms with Crippen LogP contribution in [0.5, 0.6) is 5.75 Å². The predicted octanol–water partition coefficient (Wildman–Crippen LogP) is 2.11. The average molecular weight is 432 g/mol. The number of amides is 1. The Morgan fingerprint density at radius 2 is 1.97 bits per heavy atom. The van der Waals surface area contributed by atoms with Gasteiger partial charge in [-0.15, -0.1) is 12.4 Å². The fourth-order valence-electron chi connectivity index (χ4n) is 3.93. The van der Waals surface area contributed by atoms with Crippen LogP contribution in [0.25, 0.3) is 11.0 Å². The molecule has 1 unspecified atom stereocenters. The number of carbonyl (C=O) groups is 1. The van der Waals surface area contributed by atoms with Gasteiger partial charge in [-0.25, -0.2) is 4.79 Å². The van der Waals surface area contributed by atoms with Crippen LogP contribution in [0.2, 0.25) is 0 Å². The smallest absolute Gasteiger partial charge is 0.328 e. The van der Waals surface area contributed by atoms with Crippen LogP contribution in [-0.2, 0) is 20.5 Å². The molecule has 2 aromatic heterocycles. The Morgan fingerprint density at radius 3 is 2.63 bits per heavy atom. The number of rotatable bonds is 5. The number of halogens is 1. The molecule has 1 atom stereocenters. The highest BCUT2D eigenvalue weighted by Gasteiger charge is 2.18. The van der Waals surface area contributed by atoms with Crippen molar-refractivity contribution < 1.29 is 9.53 Å². The topological polar surface area (TPSA) is 90.2 Å². The molecule has 1 fully saturated rings. The Labute approximate surface area is 180 Å². The van der Waals surface area contributed by atoms with Gasteiger partial charge in [-0.05, 0) is 49.5 Å². The summed E-state index contributed by atoms with van der Waals surface area (Å²) in [5.41, 5.74) is 3.38. The molecule has 8 nitrogen and oxygen atoms in total. The highest BCUT2D eigenvalue weighted by Crippen LogP contribution is 2.30. The Bertz CT molecular complexity index is 1130. The van der Waals surface area contributed by atoms with E-state index in [0.29, 0.717) is 28.4 Å². The summed E-state index contributed by atoms with van der Waals surface area (Å²) in [7, 11) is 4.95. The number of hydrogen-bond donors (Lipinski definition) is 2. The predicted molar refractivity (Wildman–Crippen MR) is 119 cm³/mol. The molecule has 2 N–H and O–H groups in total. The average Bonchev–Trinajstić information content (AvgIpc) is 3.31. The molecular weight excluding hydrogens is 406 g/mol. The van der Waals surface area contributed by atoms with Crippen LogP contribution in [-0.4, -0.2) is 40.2 Å². The molecule has 1 amide bonds. The fraction of sp³-hybridized carbons (Fsp3) is 0.381. The lowest BCUT2D eigenvalue weighted by Crippen LogP contribution is -2.19. The van der Waals surface area contributed by atoms with Gasteiger partial charge in [0.15, 0.2) is 0 Å². The van der Waals surface area contributed by atoms with Crippen molar-refractivity contribution in [2.24, 2.45) is 20.0 Å². The Morgan fingerprint density at radius 1 is 1.23 bits per heavy atom. The molecular formula is C21H26ClN5O3. The lowest BCUT2D eigenvalue weighted by Gasteiger charge is -2.12. The summed E-state index contributed by atoms with van der Waals surface area (Å²) in [5, 5.41) is 6.27. The second-order valence-corrected chi connectivity index (χ2v) is 7.54. The number of hydrogen-bond acceptors (Lipinski definition) is 5. The van der Waals surface area contributed by atoms with E-state index in [1.807, 2.05) is 12.3 Å². The van der Waals surface area contributed by atoms with Crippen LogP contribution in [0.4, 0.5) is 5.69 Å². The van der Waals surface area contributed by atoms with Crippen molar-refractivity contribution in [2.45, 2.75) is 12.8 Å². The minimum atomic E-state index is -0.262. The van der Waals surface area contributed by atoms with E-state index < -0.39 is 0 Å². The summed E-state index contributed by atoms with van der Waals surface area (Å²) in [4.78, 5) is 29.3. The first kappa shape index (κ1) is 21.9. The van der Waals surface area contributed by atoms with E-state index in [2.05, 4.69) is 15.6 Å². The zero-order valence-corrected chi connectivity index (χ0v) is 18.1. The van der Waals surface area contributed by atoms with Gasteiger partial charge in [0.05, 0.1) is 29.4 Å². The third kappa shape index (κ3) is 4.06. The van der Waals surface area contributed by atoms with Crippen LogP contribution in [0.15, 0.2) is 35.4 Å². The van der Waals surface area contributed by atoms with E-state index >= 15 is 0 Å². The van der Waals surface area contributed by atoms with Gasteiger partial charge in [0.2, 0.25) is 0 Å². The Kier molecular flexibility index (Phi) is 6.48. The second-order valence-electron chi connectivity index (χ2n) is 7.54. The van der Waals surface area contributed by atoms with Crippen molar-refractivity contribution in [1.29, 1.82) is 0 Å². The third-order valence-electron chi connectivity index (χ3n) is 5.59. The fourth-order valence-corrected chi connectivity index (χ4v) is 3.93. The van der Waals surface area contributed by atoms with E-state index in [0.717, 1.165) is 37.0 Å². The largest absolute Gasteiger partial charge is 0.494 e. The second kappa shape index (κ2) is 8.89. The number of aryl methyl sites for hydroxylation is 2. The summed E-state index contributed by atoms with van der Waals surface area (Å²) in [6.07, 6.45) is 5.43. The number of ether oxygens (including phenoxy) is 1. The van der Waals surface area contributed by atoms with Gasteiger partial charge >= 0.3 is 5.69 Å². The first-order valence-electron chi connectivity index (χ1n) is 9.67. The van der Waals surface area contributed by atoms with Gasteiger partial charge in [0.1, 0.15) is 5.75 Å². The molecule has 0 radical (unpaired) electrons. The van der Waals surface area contributed by atoms with Gasteiger partial charge in [0, 0.05) is 32.6 Å². The molecule has 0 spiro atoms.